The molecule has 0 aromatic rings. The molecule has 0 heterocycles. The highest BCUT2D eigenvalue weighted by atomic mass is 32.2. The van der Waals surface area contributed by atoms with Gasteiger partial charge in [-0.25, -0.2) is 0 Å². The monoisotopic (exact) mass is 390 g/mol. The van der Waals surface area contributed by atoms with E-state index in [4.69, 9.17) is 0 Å². The maximum absolute atomic E-state index is 12.5. The number of ketones is 1. The van der Waals surface area contributed by atoms with Crippen LogP contribution in [0.2, 0.25) is 0 Å². The van der Waals surface area contributed by atoms with Gasteiger partial charge in [0.2, 0.25) is 0 Å². The highest BCUT2D eigenvalue weighted by Gasteiger charge is 2.67. The molecule has 27 heavy (non-hydrogen) atoms. The second-order valence-corrected chi connectivity index (χ2v) is 11.2. The Morgan fingerprint density at radius 2 is 2.00 bits per heavy atom. The van der Waals surface area contributed by atoms with Crippen molar-refractivity contribution in [2.75, 3.05) is 5.75 Å². The molecule has 7 atom stereocenters. The Morgan fingerprint density at radius 1 is 1.26 bits per heavy atom. The molecule has 1 unspecified atom stereocenters. The minimum absolute atomic E-state index is 0.0965. The molecule has 0 saturated heterocycles. The summed E-state index contributed by atoms with van der Waals surface area (Å²) in [5.74, 6) is 1.92. The van der Waals surface area contributed by atoms with Crippen molar-refractivity contribution in [3.8, 4) is 0 Å². The van der Waals surface area contributed by atoms with Crippen molar-refractivity contribution < 1.29 is 15.0 Å². The van der Waals surface area contributed by atoms with Crippen LogP contribution in [0.15, 0.2) is 23.1 Å². The maximum atomic E-state index is 12.5. The molecule has 0 amide bonds. The zero-order valence-corrected chi connectivity index (χ0v) is 17.8. The predicted molar refractivity (Wildman–Crippen MR) is 110 cm³/mol. The molecule has 3 saturated carbocycles. The Balaban J connectivity index is 1.77. The van der Waals surface area contributed by atoms with Gasteiger partial charge in [-0.3, -0.25) is 4.79 Å². The fraction of sp³-hybridized carbons (Fsp3) is 0.783. The van der Waals surface area contributed by atoms with Crippen molar-refractivity contribution in [1.29, 1.82) is 0 Å². The van der Waals surface area contributed by atoms with Crippen molar-refractivity contribution >= 4 is 17.5 Å². The minimum Gasteiger partial charge on any atom is -0.392 e. The van der Waals surface area contributed by atoms with E-state index in [0.717, 1.165) is 36.3 Å². The molecular formula is C23H34O3S. The van der Waals surface area contributed by atoms with Gasteiger partial charge in [0.25, 0.3) is 0 Å². The van der Waals surface area contributed by atoms with Gasteiger partial charge in [0, 0.05) is 17.8 Å². The van der Waals surface area contributed by atoms with Gasteiger partial charge < -0.3 is 10.2 Å². The van der Waals surface area contributed by atoms with Crippen LogP contribution in [0.1, 0.15) is 65.7 Å². The fourth-order valence-corrected chi connectivity index (χ4v) is 8.22. The summed E-state index contributed by atoms with van der Waals surface area (Å²) in [6.45, 7) is 10.9. The average Bonchev–Trinajstić information content (AvgIpc) is 2.86. The third kappa shape index (κ3) is 2.52. The summed E-state index contributed by atoms with van der Waals surface area (Å²) in [6, 6.07) is 0. The molecule has 0 aliphatic heterocycles. The van der Waals surface area contributed by atoms with Crippen molar-refractivity contribution in [2.45, 2.75) is 77.4 Å². The van der Waals surface area contributed by atoms with Crippen LogP contribution < -0.4 is 0 Å². The Kier molecular flexibility index (Phi) is 4.72. The molecule has 4 aliphatic rings. The zero-order chi connectivity index (χ0) is 19.6. The minimum atomic E-state index is -0.783. The molecular weight excluding hydrogens is 356 g/mol. The molecule has 2 N–H and O–H groups in total. The number of rotatable bonds is 3. The number of aliphatic hydroxyl groups excluding tert-OH is 1. The number of aliphatic hydroxyl groups is 2. The Bertz CT molecular complexity index is 700. The van der Waals surface area contributed by atoms with Crippen molar-refractivity contribution in [2.24, 2.45) is 28.6 Å². The number of carbonyl (C=O) groups excluding carboxylic acids is 1. The number of carbonyl (C=O) groups is 1. The molecule has 4 heteroatoms. The summed E-state index contributed by atoms with van der Waals surface area (Å²) in [6.07, 6.45) is 7.17. The van der Waals surface area contributed by atoms with Gasteiger partial charge in [-0.2, -0.15) is 0 Å². The largest absolute Gasteiger partial charge is 0.392 e. The SMILES string of the molecule is C=C(SCC)C1CC(=O)C=C2CC[C@@H]3[C@H](CC[C@]4(C)[C@@H](O)CC[C@@]34O)[C@]21C. The molecule has 0 bridgehead atoms. The number of thioether (sulfide) groups is 1. The van der Waals surface area contributed by atoms with Crippen molar-refractivity contribution in [3.63, 3.8) is 0 Å². The van der Waals surface area contributed by atoms with Crippen LogP contribution in [-0.2, 0) is 4.79 Å². The Hall–Kier alpha value is -0.580. The van der Waals surface area contributed by atoms with Crippen LogP contribution in [0.4, 0.5) is 0 Å². The highest BCUT2D eigenvalue weighted by Crippen LogP contribution is 2.68. The summed E-state index contributed by atoms with van der Waals surface area (Å²) in [5, 5.41) is 22.5. The van der Waals surface area contributed by atoms with E-state index < -0.39 is 11.7 Å². The van der Waals surface area contributed by atoms with Gasteiger partial charge in [0.15, 0.2) is 5.78 Å². The first kappa shape index (κ1) is 19.7. The first-order valence-electron chi connectivity index (χ1n) is 10.6. The molecule has 0 spiro atoms. The lowest BCUT2D eigenvalue weighted by atomic mass is 9.44. The second-order valence-electron chi connectivity index (χ2n) is 9.76. The third-order valence-electron chi connectivity index (χ3n) is 8.97. The van der Waals surface area contributed by atoms with Gasteiger partial charge in [0.1, 0.15) is 0 Å². The summed E-state index contributed by atoms with van der Waals surface area (Å²) >= 11 is 1.78. The lowest BCUT2D eigenvalue weighted by molar-refractivity contribution is -0.196. The second kappa shape index (κ2) is 6.47. The van der Waals surface area contributed by atoms with E-state index in [9.17, 15) is 15.0 Å². The first-order valence-corrected chi connectivity index (χ1v) is 11.6. The van der Waals surface area contributed by atoms with E-state index in [-0.39, 0.29) is 28.4 Å². The van der Waals surface area contributed by atoms with E-state index >= 15 is 0 Å². The van der Waals surface area contributed by atoms with Gasteiger partial charge in [-0.1, -0.05) is 32.9 Å². The Labute approximate surface area is 167 Å². The quantitative estimate of drug-likeness (QED) is 0.746. The molecule has 0 radical (unpaired) electrons. The lowest BCUT2D eigenvalue weighted by Gasteiger charge is -2.62. The van der Waals surface area contributed by atoms with E-state index in [1.165, 1.54) is 5.57 Å². The average molecular weight is 391 g/mol. The van der Waals surface area contributed by atoms with E-state index in [0.29, 0.717) is 25.2 Å². The van der Waals surface area contributed by atoms with Crippen LogP contribution >= 0.6 is 11.8 Å². The summed E-state index contributed by atoms with van der Waals surface area (Å²) < 4.78 is 0. The smallest absolute Gasteiger partial charge is 0.156 e. The maximum Gasteiger partial charge on any atom is 0.156 e. The van der Waals surface area contributed by atoms with E-state index in [1.807, 2.05) is 6.08 Å². The first-order chi connectivity index (χ1) is 12.7. The highest BCUT2D eigenvalue weighted by molar-refractivity contribution is 8.03. The molecule has 3 fully saturated rings. The van der Waals surface area contributed by atoms with Crippen LogP contribution in [0.5, 0.6) is 0 Å². The number of hydrogen-bond acceptors (Lipinski definition) is 4. The number of fused-ring (bicyclic) bond motifs is 5. The number of hydrogen-bond donors (Lipinski definition) is 2. The summed E-state index contributed by atoms with van der Waals surface area (Å²) in [5.41, 5.74) is 0.0186. The van der Waals surface area contributed by atoms with E-state index in [2.05, 4.69) is 27.4 Å². The van der Waals surface area contributed by atoms with Gasteiger partial charge in [-0.15, -0.1) is 11.8 Å². The molecule has 4 rings (SSSR count). The summed E-state index contributed by atoms with van der Waals surface area (Å²) in [4.78, 5) is 13.6. The lowest BCUT2D eigenvalue weighted by Crippen LogP contribution is -2.62. The van der Waals surface area contributed by atoms with E-state index in [1.54, 1.807) is 11.8 Å². The zero-order valence-electron chi connectivity index (χ0n) is 17.0. The van der Waals surface area contributed by atoms with Crippen LogP contribution in [0, 0.1) is 28.6 Å². The third-order valence-corrected chi connectivity index (χ3v) is 9.91. The van der Waals surface area contributed by atoms with Crippen molar-refractivity contribution in [3.05, 3.63) is 23.1 Å². The predicted octanol–water partition coefficient (Wildman–Crippen LogP) is 4.49. The summed E-state index contributed by atoms with van der Waals surface area (Å²) in [7, 11) is 0. The fourth-order valence-electron chi connectivity index (χ4n) is 7.32. The topological polar surface area (TPSA) is 57.5 Å². The van der Waals surface area contributed by atoms with Crippen molar-refractivity contribution in [1.82, 2.24) is 0 Å². The standard InChI is InChI=1S/C23H34O3S/c1-5-27-14(2)19-13-16(24)12-15-6-7-18-17(22(15,19)4)8-10-21(3)20(25)9-11-23(18,21)26/h12,17-20,25-26H,2,5-11,13H2,1,3-4H3/t17-,18+,19?,20-,21+,22-,23+/m0/s1. The van der Waals surface area contributed by atoms with Crippen LogP contribution in [0.25, 0.3) is 0 Å². The normalized spacial score (nSPS) is 49.1. The van der Waals surface area contributed by atoms with Gasteiger partial charge in [-0.05, 0) is 72.5 Å². The molecule has 3 nitrogen and oxygen atoms in total. The van der Waals surface area contributed by atoms with Gasteiger partial charge in [0.05, 0.1) is 11.7 Å². The van der Waals surface area contributed by atoms with Crippen LogP contribution in [0.3, 0.4) is 0 Å². The molecule has 4 aliphatic carbocycles. The molecule has 0 aromatic carbocycles. The van der Waals surface area contributed by atoms with Gasteiger partial charge >= 0.3 is 0 Å². The molecule has 150 valence electrons. The van der Waals surface area contributed by atoms with Crippen LogP contribution in [-0.4, -0.2) is 33.5 Å². The number of allylic oxidation sites excluding steroid dienone is 2. The Morgan fingerprint density at radius 3 is 2.70 bits per heavy atom. The molecule has 0 aromatic heterocycles.